The SMILES string of the molecule is Cn1c(=O)n(C2CCCNC2)c(=O)c2cc(F)ccc21. The van der Waals surface area contributed by atoms with Crippen molar-refractivity contribution < 1.29 is 4.39 Å². The van der Waals surface area contributed by atoms with E-state index in [0.29, 0.717) is 12.1 Å². The molecule has 1 aromatic heterocycles. The topological polar surface area (TPSA) is 56.0 Å². The van der Waals surface area contributed by atoms with Crippen molar-refractivity contribution in [2.45, 2.75) is 18.9 Å². The predicted octanol–water partition coefficient (Wildman–Crippen LogP) is 0.764. The molecular formula is C14H16FN3O2. The lowest BCUT2D eigenvalue weighted by Gasteiger charge is -2.25. The number of nitrogens with zero attached hydrogens (tertiary/aromatic N) is 2. The largest absolute Gasteiger partial charge is 0.331 e. The van der Waals surface area contributed by atoms with Gasteiger partial charge in [-0.15, -0.1) is 0 Å². The van der Waals surface area contributed by atoms with Crippen LogP contribution in [0.2, 0.25) is 0 Å². The Bertz CT molecular complexity index is 772. The van der Waals surface area contributed by atoms with Gasteiger partial charge in [-0.05, 0) is 37.6 Å². The van der Waals surface area contributed by atoms with Crippen LogP contribution in [0.3, 0.4) is 0 Å². The van der Waals surface area contributed by atoms with E-state index in [2.05, 4.69) is 5.32 Å². The van der Waals surface area contributed by atoms with E-state index in [-0.39, 0.29) is 17.1 Å². The van der Waals surface area contributed by atoms with Gasteiger partial charge in [0.05, 0.1) is 16.9 Å². The van der Waals surface area contributed by atoms with Gasteiger partial charge in [0.15, 0.2) is 0 Å². The van der Waals surface area contributed by atoms with Crippen LogP contribution in [0, 0.1) is 5.82 Å². The second-order valence-electron chi connectivity index (χ2n) is 5.18. The molecule has 1 aliphatic heterocycles. The second-order valence-corrected chi connectivity index (χ2v) is 5.18. The first kappa shape index (κ1) is 13.1. The fourth-order valence-corrected chi connectivity index (χ4v) is 2.83. The number of nitrogens with one attached hydrogen (secondary N) is 1. The Morgan fingerprint density at radius 2 is 2.15 bits per heavy atom. The van der Waals surface area contributed by atoms with Gasteiger partial charge in [0.25, 0.3) is 5.56 Å². The quantitative estimate of drug-likeness (QED) is 0.837. The molecule has 20 heavy (non-hydrogen) atoms. The normalized spacial score (nSPS) is 19.4. The summed E-state index contributed by atoms with van der Waals surface area (Å²) in [6.45, 7) is 1.49. The Morgan fingerprint density at radius 1 is 1.35 bits per heavy atom. The summed E-state index contributed by atoms with van der Waals surface area (Å²) >= 11 is 0. The van der Waals surface area contributed by atoms with Crippen molar-refractivity contribution in [3.8, 4) is 0 Å². The number of fused-ring (bicyclic) bond motifs is 1. The number of hydrogen-bond acceptors (Lipinski definition) is 3. The zero-order valence-corrected chi connectivity index (χ0v) is 11.2. The Labute approximate surface area is 114 Å². The molecule has 1 saturated heterocycles. The summed E-state index contributed by atoms with van der Waals surface area (Å²) in [7, 11) is 1.61. The molecule has 1 fully saturated rings. The monoisotopic (exact) mass is 277 g/mol. The van der Waals surface area contributed by atoms with Crippen molar-refractivity contribution in [3.63, 3.8) is 0 Å². The van der Waals surface area contributed by atoms with Gasteiger partial charge in [0.1, 0.15) is 5.82 Å². The summed E-state index contributed by atoms with van der Waals surface area (Å²) < 4.78 is 16.0. The second kappa shape index (κ2) is 4.86. The molecule has 106 valence electrons. The summed E-state index contributed by atoms with van der Waals surface area (Å²) in [5.41, 5.74) is -0.291. The summed E-state index contributed by atoms with van der Waals surface area (Å²) in [5.74, 6) is -0.471. The minimum absolute atomic E-state index is 0.164. The van der Waals surface area contributed by atoms with Crippen LogP contribution in [0.15, 0.2) is 27.8 Å². The molecule has 0 saturated carbocycles. The highest BCUT2D eigenvalue weighted by atomic mass is 19.1. The Hall–Kier alpha value is -1.95. The third-order valence-electron chi connectivity index (χ3n) is 3.90. The van der Waals surface area contributed by atoms with E-state index in [4.69, 9.17) is 0 Å². The molecule has 2 heterocycles. The molecule has 0 bridgehead atoms. The van der Waals surface area contributed by atoms with Crippen LogP contribution in [0.4, 0.5) is 4.39 Å². The maximum Gasteiger partial charge on any atom is 0.331 e. The number of hydrogen-bond donors (Lipinski definition) is 1. The van der Waals surface area contributed by atoms with E-state index in [9.17, 15) is 14.0 Å². The fraction of sp³-hybridized carbons (Fsp3) is 0.429. The molecule has 6 heteroatoms. The average Bonchev–Trinajstić information content (AvgIpc) is 2.46. The molecule has 0 amide bonds. The minimum Gasteiger partial charge on any atom is -0.315 e. The van der Waals surface area contributed by atoms with Crippen LogP contribution < -0.4 is 16.6 Å². The molecule has 1 atom stereocenters. The third kappa shape index (κ3) is 1.96. The molecule has 0 radical (unpaired) electrons. The number of benzene rings is 1. The number of aryl methyl sites for hydroxylation is 1. The van der Waals surface area contributed by atoms with Gasteiger partial charge in [-0.25, -0.2) is 9.18 Å². The first-order chi connectivity index (χ1) is 9.59. The Kier molecular flexibility index (Phi) is 3.17. The van der Waals surface area contributed by atoms with Crippen molar-refractivity contribution >= 4 is 10.9 Å². The number of rotatable bonds is 1. The molecule has 1 N–H and O–H groups in total. The van der Waals surface area contributed by atoms with Crippen molar-refractivity contribution in [3.05, 3.63) is 44.9 Å². The van der Waals surface area contributed by atoms with Crippen LogP contribution in [-0.2, 0) is 7.05 Å². The van der Waals surface area contributed by atoms with E-state index in [0.717, 1.165) is 19.4 Å². The summed E-state index contributed by atoms with van der Waals surface area (Å²) in [6, 6.07) is 3.76. The highest BCUT2D eigenvalue weighted by Crippen LogP contribution is 2.15. The van der Waals surface area contributed by atoms with Crippen molar-refractivity contribution in [2.75, 3.05) is 13.1 Å². The molecule has 1 unspecified atom stereocenters. The van der Waals surface area contributed by atoms with Crippen molar-refractivity contribution in [1.29, 1.82) is 0 Å². The lowest BCUT2D eigenvalue weighted by Crippen LogP contribution is -2.46. The van der Waals surface area contributed by atoms with Crippen LogP contribution in [0.25, 0.3) is 10.9 Å². The third-order valence-corrected chi connectivity index (χ3v) is 3.90. The summed E-state index contributed by atoms with van der Waals surface area (Å²) in [5, 5.41) is 3.43. The highest BCUT2D eigenvalue weighted by molar-refractivity contribution is 5.77. The molecule has 1 aliphatic rings. The fourth-order valence-electron chi connectivity index (χ4n) is 2.83. The zero-order valence-electron chi connectivity index (χ0n) is 11.2. The first-order valence-electron chi connectivity index (χ1n) is 6.71. The molecule has 1 aromatic carbocycles. The lowest BCUT2D eigenvalue weighted by molar-refractivity contribution is 0.351. The Balaban J connectivity index is 2.32. The van der Waals surface area contributed by atoms with Crippen molar-refractivity contribution in [1.82, 2.24) is 14.5 Å². The van der Waals surface area contributed by atoms with Crippen LogP contribution in [-0.4, -0.2) is 22.2 Å². The average molecular weight is 277 g/mol. The molecule has 5 nitrogen and oxygen atoms in total. The van der Waals surface area contributed by atoms with E-state index in [1.165, 1.54) is 27.3 Å². The molecule has 0 spiro atoms. The van der Waals surface area contributed by atoms with Gasteiger partial charge in [-0.1, -0.05) is 0 Å². The van der Waals surface area contributed by atoms with Crippen molar-refractivity contribution in [2.24, 2.45) is 7.05 Å². The standard InChI is InChI=1S/C14H16FN3O2/c1-17-12-5-4-9(15)7-11(12)13(19)18(14(17)20)10-3-2-6-16-8-10/h4-5,7,10,16H,2-3,6,8H2,1H3. The maximum atomic E-state index is 13.4. The molecular weight excluding hydrogens is 261 g/mol. The number of aromatic nitrogens is 2. The van der Waals surface area contributed by atoms with Gasteiger partial charge >= 0.3 is 5.69 Å². The van der Waals surface area contributed by atoms with E-state index in [1.54, 1.807) is 7.05 Å². The first-order valence-corrected chi connectivity index (χ1v) is 6.71. The van der Waals surface area contributed by atoms with E-state index in [1.807, 2.05) is 0 Å². The van der Waals surface area contributed by atoms with Gasteiger partial charge in [0.2, 0.25) is 0 Å². The van der Waals surface area contributed by atoms with Crippen LogP contribution >= 0.6 is 0 Å². The summed E-state index contributed by atoms with van der Waals surface area (Å²) in [6.07, 6.45) is 1.70. The number of piperidine rings is 1. The van der Waals surface area contributed by atoms with Gasteiger partial charge in [-0.2, -0.15) is 0 Å². The maximum absolute atomic E-state index is 13.4. The molecule has 3 rings (SSSR count). The summed E-state index contributed by atoms with van der Waals surface area (Å²) in [4.78, 5) is 24.9. The van der Waals surface area contributed by atoms with E-state index >= 15 is 0 Å². The molecule has 0 aliphatic carbocycles. The number of halogens is 1. The van der Waals surface area contributed by atoms with E-state index < -0.39 is 11.4 Å². The minimum atomic E-state index is -0.471. The van der Waals surface area contributed by atoms with Gasteiger partial charge < -0.3 is 5.32 Å². The van der Waals surface area contributed by atoms with Crippen LogP contribution in [0.1, 0.15) is 18.9 Å². The molecule has 2 aromatic rings. The Morgan fingerprint density at radius 3 is 2.85 bits per heavy atom. The van der Waals surface area contributed by atoms with Crippen LogP contribution in [0.5, 0.6) is 0 Å². The highest BCUT2D eigenvalue weighted by Gasteiger charge is 2.21. The van der Waals surface area contributed by atoms with Gasteiger partial charge in [-0.3, -0.25) is 13.9 Å². The zero-order chi connectivity index (χ0) is 14.3. The lowest BCUT2D eigenvalue weighted by atomic mass is 10.1. The van der Waals surface area contributed by atoms with Gasteiger partial charge in [0, 0.05) is 13.6 Å². The smallest absolute Gasteiger partial charge is 0.315 e. The predicted molar refractivity (Wildman–Crippen MR) is 74.5 cm³/mol.